The summed E-state index contributed by atoms with van der Waals surface area (Å²) in [5, 5.41) is 5.12. The standard InChI is InChI=1S/C24H28N2O3S/c1-5-23(26(30(4,28)29)21-14-17(2)13-18(3)15-21)24(27)25-16-20-11-8-10-19-9-6-7-12-22(19)20/h6-15,23H,5,16H2,1-4H3,(H,25,27)/t23-/m0/s1. The molecule has 0 aliphatic carbocycles. The van der Waals surface area contributed by atoms with E-state index >= 15 is 0 Å². The van der Waals surface area contributed by atoms with Gasteiger partial charge in [0, 0.05) is 6.54 Å². The molecular weight excluding hydrogens is 396 g/mol. The molecule has 5 nitrogen and oxygen atoms in total. The quantitative estimate of drug-likeness (QED) is 0.614. The van der Waals surface area contributed by atoms with Crippen molar-refractivity contribution in [1.29, 1.82) is 0 Å². The molecule has 30 heavy (non-hydrogen) atoms. The molecule has 0 saturated heterocycles. The average molecular weight is 425 g/mol. The van der Waals surface area contributed by atoms with E-state index in [1.165, 1.54) is 4.31 Å². The van der Waals surface area contributed by atoms with E-state index in [0.717, 1.165) is 33.7 Å². The van der Waals surface area contributed by atoms with Crippen molar-refractivity contribution in [2.24, 2.45) is 0 Å². The number of carbonyl (C=O) groups excluding carboxylic acids is 1. The summed E-state index contributed by atoms with van der Waals surface area (Å²) in [6.07, 6.45) is 1.51. The van der Waals surface area contributed by atoms with Gasteiger partial charge in [0.05, 0.1) is 11.9 Å². The van der Waals surface area contributed by atoms with Crippen LogP contribution in [-0.4, -0.2) is 26.6 Å². The van der Waals surface area contributed by atoms with Gasteiger partial charge in [0.1, 0.15) is 6.04 Å². The zero-order valence-electron chi connectivity index (χ0n) is 17.8. The topological polar surface area (TPSA) is 66.5 Å². The van der Waals surface area contributed by atoms with Crippen molar-refractivity contribution >= 4 is 32.4 Å². The molecule has 1 amide bonds. The van der Waals surface area contributed by atoms with E-state index in [-0.39, 0.29) is 5.91 Å². The third-order valence-corrected chi connectivity index (χ3v) is 6.30. The van der Waals surface area contributed by atoms with E-state index in [2.05, 4.69) is 5.32 Å². The predicted molar refractivity (Wildman–Crippen MR) is 123 cm³/mol. The van der Waals surface area contributed by atoms with Crippen molar-refractivity contribution in [3.63, 3.8) is 0 Å². The average Bonchev–Trinajstić information content (AvgIpc) is 2.68. The number of amides is 1. The summed E-state index contributed by atoms with van der Waals surface area (Å²) in [6.45, 7) is 5.99. The number of fused-ring (bicyclic) bond motifs is 1. The molecule has 3 rings (SSSR count). The normalized spacial score (nSPS) is 12.5. The zero-order chi connectivity index (χ0) is 21.9. The third-order valence-electron chi connectivity index (χ3n) is 5.12. The Hall–Kier alpha value is -2.86. The number of nitrogens with one attached hydrogen (secondary N) is 1. The molecule has 0 heterocycles. The van der Waals surface area contributed by atoms with Gasteiger partial charge in [0.15, 0.2) is 0 Å². The number of sulfonamides is 1. The van der Waals surface area contributed by atoms with Crippen LogP contribution in [0.5, 0.6) is 0 Å². The van der Waals surface area contributed by atoms with Gasteiger partial charge in [-0.3, -0.25) is 9.10 Å². The number of nitrogens with zero attached hydrogens (tertiary/aromatic N) is 1. The second kappa shape index (κ2) is 8.88. The largest absolute Gasteiger partial charge is 0.350 e. The third kappa shape index (κ3) is 4.82. The highest BCUT2D eigenvalue weighted by molar-refractivity contribution is 7.92. The van der Waals surface area contributed by atoms with Crippen LogP contribution in [0, 0.1) is 13.8 Å². The lowest BCUT2D eigenvalue weighted by atomic mass is 10.0. The highest BCUT2D eigenvalue weighted by Crippen LogP contribution is 2.25. The van der Waals surface area contributed by atoms with Gasteiger partial charge in [-0.2, -0.15) is 0 Å². The van der Waals surface area contributed by atoms with Crippen LogP contribution in [0.3, 0.4) is 0 Å². The van der Waals surface area contributed by atoms with Crippen LogP contribution < -0.4 is 9.62 Å². The molecule has 0 saturated carbocycles. The number of rotatable bonds is 7. The lowest BCUT2D eigenvalue weighted by Gasteiger charge is -2.30. The van der Waals surface area contributed by atoms with Gasteiger partial charge in [0.2, 0.25) is 15.9 Å². The van der Waals surface area contributed by atoms with Gasteiger partial charge in [0.25, 0.3) is 0 Å². The summed E-state index contributed by atoms with van der Waals surface area (Å²) >= 11 is 0. The molecule has 3 aromatic rings. The summed E-state index contributed by atoms with van der Waals surface area (Å²) < 4.78 is 26.6. The number of hydrogen-bond acceptors (Lipinski definition) is 3. The molecule has 0 bridgehead atoms. The first-order valence-corrected chi connectivity index (χ1v) is 11.9. The fourth-order valence-electron chi connectivity index (χ4n) is 3.88. The molecule has 0 radical (unpaired) electrons. The fraction of sp³-hybridized carbons (Fsp3) is 0.292. The van der Waals surface area contributed by atoms with Crippen LogP contribution >= 0.6 is 0 Å². The van der Waals surface area contributed by atoms with E-state index < -0.39 is 16.1 Å². The first kappa shape index (κ1) is 21.8. The van der Waals surface area contributed by atoms with Gasteiger partial charge < -0.3 is 5.32 Å². The molecule has 1 N–H and O–H groups in total. The van der Waals surface area contributed by atoms with Crippen LogP contribution in [0.4, 0.5) is 5.69 Å². The van der Waals surface area contributed by atoms with Crippen LogP contribution in [-0.2, 0) is 21.4 Å². The Balaban J connectivity index is 1.89. The minimum absolute atomic E-state index is 0.310. The SMILES string of the molecule is CC[C@@H](C(=O)NCc1cccc2ccccc12)N(c1cc(C)cc(C)c1)S(C)(=O)=O. The molecule has 0 unspecified atom stereocenters. The Labute approximate surface area is 178 Å². The monoisotopic (exact) mass is 424 g/mol. The van der Waals surface area contributed by atoms with E-state index in [0.29, 0.717) is 18.7 Å². The number of hydrogen-bond donors (Lipinski definition) is 1. The van der Waals surface area contributed by atoms with Crippen LogP contribution in [0.25, 0.3) is 10.8 Å². The maximum Gasteiger partial charge on any atom is 0.244 e. The Bertz CT molecular complexity index is 1150. The molecule has 0 aliphatic heterocycles. The lowest BCUT2D eigenvalue weighted by molar-refractivity contribution is -0.122. The molecule has 1 atom stereocenters. The Morgan fingerprint density at radius 1 is 1.00 bits per heavy atom. The maximum absolute atomic E-state index is 13.1. The van der Waals surface area contributed by atoms with Crippen molar-refractivity contribution in [3.8, 4) is 0 Å². The second-order valence-corrected chi connectivity index (χ2v) is 9.54. The van der Waals surface area contributed by atoms with Gasteiger partial charge in [-0.05, 0) is 59.9 Å². The number of aryl methyl sites for hydroxylation is 2. The molecular formula is C24H28N2O3S. The van der Waals surface area contributed by atoms with Crippen molar-refractivity contribution < 1.29 is 13.2 Å². The van der Waals surface area contributed by atoms with E-state index in [1.807, 2.05) is 69.3 Å². The Kier molecular flexibility index (Phi) is 6.46. The van der Waals surface area contributed by atoms with Gasteiger partial charge in [-0.15, -0.1) is 0 Å². The van der Waals surface area contributed by atoms with Crippen LogP contribution in [0.1, 0.15) is 30.0 Å². The fourth-order valence-corrected chi connectivity index (χ4v) is 5.08. The summed E-state index contributed by atoms with van der Waals surface area (Å²) in [6, 6.07) is 18.7. The highest BCUT2D eigenvalue weighted by atomic mass is 32.2. The molecule has 3 aromatic carbocycles. The number of carbonyl (C=O) groups is 1. The predicted octanol–water partition coefficient (Wildman–Crippen LogP) is 4.32. The summed E-state index contributed by atoms with van der Waals surface area (Å²) in [4.78, 5) is 13.1. The van der Waals surface area contributed by atoms with Gasteiger partial charge >= 0.3 is 0 Å². The Morgan fingerprint density at radius 3 is 2.27 bits per heavy atom. The van der Waals surface area contributed by atoms with E-state index in [4.69, 9.17) is 0 Å². The minimum Gasteiger partial charge on any atom is -0.350 e. The molecule has 158 valence electrons. The van der Waals surface area contributed by atoms with Crippen molar-refractivity contribution in [2.75, 3.05) is 10.6 Å². The summed E-state index contributed by atoms with van der Waals surface area (Å²) in [5.41, 5.74) is 3.41. The van der Waals surface area contributed by atoms with E-state index in [1.54, 1.807) is 12.1 Å². The van der Waals surface area contributed by atoms with Crippen LogP contribution in [0.2, 0.25) is 0 Å². The van der Waals surface area contributed by atoms with Crippen molar-refractivity contribution in [2.45, 2.75) is 39.8 Å². The number of benzene rings is 3. The first-order valence-electron chi connectivity index (χ1n) is 10.0. The number of anilines is 1. The van der Waals surface area contributed by atoms with E-state index in [9.17, 15) is 13.2 Å². The summed E-state index contributed by atoms with van der Waals surface area (Å²) in [5.74, 6) is -0.310. The van der Waals surface area contributed by atoms with Gasteiger partial charge in [-0.1, -0.05) is 55.5 Å². The summed E-state index contributed by atoms with van der Waals surface area (Å²) in [7, 11) is -3.65. The smallest absolute Gasteiger partial charge is 0.244 e. The van der Waals surface area contributed by atoms with Crippen molar-refractivity contribution in [1.82, 2.24) is 5.32 Å². The molecule has 0 aromatic heterocycles. The minimum atomic E-state index is -3.65. The first-order chi connectivity index (χ1) is 14.2. The lowest BCUT2D eigenvalue weighted by Crippen LogP contribution is -2.49. The molecule has 6 heteroatoms. The second-order valence-electron chi connectivity index (χ2n) is 7.68. The molecule has 0 aliphatic rings. The van der Waals surface area contributed by atoms with Gasteiger partial charge in [-0.25, -0.2) is 8.42 Å². The maximum atomic E-state index is 13.1. The molecule has 0 fully saturated rings. The Morgan fingerprint density at radius 2 is 1.63 bits per heavy atom. The zero-order valence-corrected chi connectivity index (χ0v) is 18.7. The van der Waals surface area contributed by atoms with Crippen molar-refractivity contribution in [3.05, 3.63) is 77.4 Å². The molecule has 0 spiro atoms. The van der Waals surface area contributed by atoms with Crippen LogP contribution in [0.15, 0.2) is 60.7 Å². The highest BCUT2D eigenvalue weighted by Gasteiger charge is 2.31.